The third kappa shape index (κ3) is 3.64. The zero-order valence-corrected chi connectivity index (χ0v) is 12.3. The van der Waals surface area contributed by atoms with Gasteiger partial charge >= 0.3 is 0 Å². The van der Waals surface area contributed by atoms with Crippen molar-refractivity contribution in [1.29, 1.82) is 0 Å². The van der Waals surface area contributed by atoms with Crippen molar-refractivity contribution in [2.24, 2.45) is 0 Å². The van der Waals surface area contributed by atoms with E-state index in [1.165, 1.54) is 0 Å². The quantitative estimate of drug-likeness (QED) is 0.830. The molecule has 0 aliphatic carbocycles. The first-order valence-electron chi connectivity index (χ1n) is 7.42. The normalized spacial score (nSPS) is 20.0. The van der Waals surface area contributed by atoms with Crippen molar-refractivity contribution in [3.8, 4) is 0 Å². The van der Waals surface area contributed by atoms with Crippen molar-refractivity contribution in [3.63, 3.8) is 0 Å². The second-order valence-electron chi connectivity index (χ2n) is 5.21. The van der Waals surface area contributed by atoms with Crippen LogP contribution in [0.5, 0.6) is 0 Å². The SMILES string of the molecule is CCCc1nc([C@H]2CN(CCn3cncn3)CCO2)n[nH]1. The average Bonchev–Trinajstić information content (AvgIpc) is 3.17. The van der Waals surface area contributed by atoms with Crippen LogP contribution >= 0.6 is 0 Å². The Morgan fingerprint density at radius 3 is 3.19 bits per heavy atom. The molecule has 0 spiro atoms. The summed E-state index contributed by atoms with van der Waals surface area (Å²) in [6.07, 6.45) is 5.24. The van der Waals surface area contributed by atoms with E-state index in [-0.39, 0.29) is 6.10 Å². The minimum absolute atomic E-state index is 0.0450. The second kappa shape index (κ2) is 6.77. The van der Waals surface area contributed by atoms with E-state index in [1.807, 2.05) is 4.68 Å². The van der Waals surface area contributed by atoms with Crippen molar-refractivity contribution < 1.29 is 4.74 Å². The molecular weight excluding hydrogens is 270 g/mol. The van der Waals surface area contributed by atoms with Gasteiger partial charge in [0.1, 0.15) is 24.6 Å². The number of hydrogen-bond acceptors (Lipinski definition) is 6. The molecule has 1 saturated heterocycles. The van der Waals surface area contributed by atoms with Gasteiger partial charge in [-0.25, -0.2) is 9.97 Å². The van der Waals surface area contributed by atoms with E-state index >= 15 is 0 Å². The Bertz CT molecular complexity index is 538. The first kappa shape index (κ1) is 14.2. The van der Waals surface area contributed by atoms with E-state index in [2.05, 4.69) is 37.1 Å². The molecule has 2 aromatic rings. The summed E-state index contributed by atoms with van der Waals surface area (Å²) in [6.45, 7) is 6.34. The summed E-state index contributed by atoms with van der Waals surface area (Å²) in [4.78, 5) is 10.8. The molecule has 8 heteroatoms. The Morgan fingerprint density at radius 1 is 1.43 bits per heavy atom. The fourth-order valence-corrected chi connectivity index (χ4v) is 2.46. The summed E-state index contributed by atoms with van der Waals surface area (Å²) < 4.78 is 7.65. The fourth-order valence-electron chi connectivity index (χ4n) is 2.46. The number of nitrogens with one attached hydrogen (secondary N) is 1. The minimum atomic E-state index is -0.0450. The maximum absolute atomic E-state index is 5.80. The predicted octanol–water partition coefficient (Wildman–Crippen LogP) is 0.422. The van der Waals surface area contributed by atoms with Crippen molar-refractivity contribution in [3.05, 3.63) is 24.3 Å². The van der Waals surface area contributed by atoms with E-state index < -0.39 is 0 Å². The van der Waals surface area contributed by atoms with Gasteiger partial charge in [0.05, 0.1) is 13.2 Å². The monoisotopic (exact) mass is 291 g/mol. The van der Waals surface area contributed by atoms with Crippen LogP contribution in [0.2, 0.25) is 0 Å². The van der Waals surface area contributed by atoms with Crippen LogP contribution in [-0.4, -0.2) is 61.1 Å². The first-order valence-corrected chi connectivity index (χ1v) is 7.42. The third-order valence-electron chi connectivity index (χ3n) is 3.59. The molecule has 8 nitrogen and oxygen atoms in total. The summed E-state index contributed by atoms with van der Waals surface area (Å²) in [7, 11) is 0. The highest BCUT2D eigenvalue weighted by molar-refractivity contribution is 4.96. The molecule has 1 N–H and O–H groups in total. The number of hydrogen-bond donors (Lipinski definition) is 1. The zero-order chi connectivity index (χ0) is 14.5. The Labute approximate surface area is 123 Å². The van der Waals surface area contributed by atoms with Crippen molar-refractivity contribution in [2.45, 2.75) is 32.4 Å². The van der Waals surface area contributed by atoms with E-state index in [4.69, 9.17) is 4.74 Å². The van der Waals surface area contributed by atoms with E-state index in [9.17, 15) is 0 Å². The molecule has 0 unspecified atom stereocenters. The molecule has 0 aromatic carbocycles. The summed E-state index contributed by atoms with van der Waals surface area (Å²) in [5.41, 5.74) is 0. The lowest BCUT2D eigenvalue weighted by Crippen LogP contribution is -2.40. The van der Waals surface area contributed by atoms with Gasteiger partial charge in [-0.3, -0.25) is 14.7 Å². The minimum Gasteiger partial charge on any atom is -0.367 e. The average molecular weight is 291 g/mol. The van der Waals surface area contributed by atoms with Crippen LogP contribution in [0.15, 0.2) is 12.7 Å². The molecule has 3 heterocycles. The van der Waals surface area contributed by atoms with E-state index in [0.29, 0.717) is 6.61 Å². The highest BCUT2D eigenvalue weighted by atomic mass is 16.5. The van der Waals surface area contributed by atoms with Crippen molar-refractivity contribution >= 4 is 0 Å². The van der Waals surface area contributed by atoms with Gasteiger partial charge in [-0.15, -0.1) is 0 Å². The van der Waals surface area contributed by atoms with Crippen LogP contribution in [0, 0.1) is 0 Å². The molecule has 21 heavy (non-hydrogen) atoms. The molecule has 1 aliphatic rings. The summed E-state index contributed by atoms with van der Waals surface area (Å²) in [6, 6.07) is 0. The Hall–Kier alpha value is -1.80. The van der Waals surface area contributed by atoms with Gasteiger partial charge in [-0.05, 0) is 6.42 Å². The smallest absolute Gasteiger partial charge is 0.180 e. The van der Waals surface area contributed by atoms with Crippen LogP contribution in [0.1, 0.15) is 31.1 Å². The number of nitrogens with zero attached hydrogens (tertiary/aromatic N) is 6. The second-order valence-corrected chi connectivity index (χ2v) is 5.21. The largest absolute Gasteiger partial charge is 0.367 e. The molecule has 0 radical (unpaired) electrons. The number of H-pyrrole nitrogens is 1. The van der Waals surface area contributed by atoms with Crippen LogP contribution < -0.4 is 0 Å². The highest BCUT2D eigenvalue weighted by Crippen LogP contribution is 2.19. The summed E-state index contributed by atoms with van der Waals surface area (Å²) in [5.74, 6) is 1.71. The topological polar surface area (TPSA) is 84.8 Å². The van der Waals surface area contributed by atoms with Crippen LogP contribution in [0.4, 0.5) is 0 Å². The number of aromatic nitrogens is 6. The molecular formula is C13H21N7O. The van der Waals surface area contributed by atoms with E-state index in [0.717, 1.165) is 50.7 Å². The Morgan fingerprint density at radius 2 is 2.38 bits per heavy atom. The highest BCUT2D eigenvalue weighted by Gasteiger charge is 2.25. The van der Waals surface area contributed by atoms with Gasteiger partial charge in [0.2, 0.25) is 0 Å². The number of morpholine rings is 1. The summed E-state index contributed by atoms with van der Waals surface area (Å²) >= 11 is 0. The first-order chi connectivity index (χ1) is 10.3. The van der Waals surface area contributed by atoms with Crippen LogP contribution in [0.3, 0.4) is 0 Å². The molecule has 2 aromatic heterocycles. The number of aryl methyl sites for hydroxylation is 1. The maximum atomic E-state index is 5.80. The lowest BCUT2D eigenvalue weighted by Gasteiger charge is -2.31. The molecule has 1 aliphatic heterocycles. The number of aromatic amines is 1. The molecule has 0 bridgehead atoms. The molecule has 0 amide bonds. The van der Waals surface area contributed by atoms with Crippen LogP contribution in [0.25, 0.3) is 0 Å². The van der Waals surface area contributed by atoms with Crippen molar-refractivity contribution in [2.75, 3.05) is 26.2 Å². The lowest BCUT2D eigenvalue weighted by molar-refractivity contribution is -0.0352. The van der Waals surface area contributed by atoms with Gasteiger partial charge < -0.3 is 4.74 Å². The standard InChI is InChI=1S/C13H21N7O/c1-2-3-12-16-13(18-17-12)11-8-19(6-7-21-11)4-5-20-10-14-9-15-20/h9-11H,2-8H2,1H3,(H,16,17,18)/t11-/m1/s1. The summed E-state index contributed by atoms with van der Waals surface area (Å²) in [5, 5.41) is 11.4. The zero-order valence-electron chi connectivity index (χ0n) is 12.3. The Kier molecular flexibility index (Phi) is 4.56. The maximum Gasteiger partial charge on any atom is 0.180 e. The van der Waals surface area contributed by atoms with Crippen LogP contribution in [-0.2, 0) is 17.7 Å². The number of rotatable bonds is 6. The van der Waals surface area contributed by atoms with Gasteiger partial charge in [0.25, 0.3) is 0 Å². The van der Waals surface area contributed by atoms with Crippen molar-refractivity contribution in [1.82, 2.24) is 34.8 Å². The molecule has 1 atom stereocenters. The Balaban J connectivity index is 1.54. The van der Waals surface area contributed by atoms with Gasteiger partial charge in [-0.1, -0.05) is 6.92 Å². The van der Waals surface area contributed by atoms with Gasteiger partial charge in [0.15, 0.2) is 5.82 Å². The third-order valence-corrected chi connectivity index (χ3v) is 3.59. The molecule has 1 fully saturated rings. The predicted molar refractivity (Wildman–Crippen MR) is 75.5 cm³/mol. The van der Waals surface area contributed by atoms with Gasteiger partial charge in [0, 0.05) is 26.1 Å². The fraction of sp³-hybridized carbons (Fsp3) is 0.692. The number of ether oxygens (including phenoxy) is 1. The molecule has 114 valence electrons. The van der Waals surface area contributed by atoms with Gasteiger partial charge in [-0.2, -0.15) is 10.2 Å². The lowest BCUT2D eigenvalue weighted by atomic mass is 10.2. The van der Waals surface area contributed by atoms with E-state index in [1.54, 1.807) is 12.7 Å². The molecule has 0 saturated carbocycles. The molecule has 3 rings (SSSR count).